The van der Waals surface area contributed by atoms with E-state index in [1.165, 1.54) is 5.56 Å². The summed E-state index contributed by atoms with van der Waals surface area (Å²) in [6.07, 6.45) is 3.69. The molecule has 0 saturated carbocycles. The van der Waals surface area contributed by atoms with Gasteiger partial charge >= 0.3 is 0 Å². The lowest BCUT2D eigenvalue weighted by Crippen LogP contribution is -2.10. The van der Waals surface area contributed by atoms with Crippen molar-refractivity contribution in [2.75, 3.05) is 0 Å². The van der Waals surface area contributed by atoms with Gasteiger partial charge in [0.1, 0.15) is 11.6 Å². The van der Waals surface area contributed by atoms with Crippen molar-refractivity contribution in [3.63, 3.8) is 0 Å². The zero-order chi connectivity index (χ0) is 11.7. The van der Waals surface area contributed by atoms with Gasteiger partial charge in [-0.25, -0.2) is 9.97 Å². The lowest BCUT2D eigenvalue weighted by Gasteiger charge is -2.13. The summed E-state index contributed by atoms with van der Waals surface area (Å²) in [6.45, 7) is 6.50. The van der Waals surface area contributed by atoms with Crippen molar-refractivity contribution < 1.29 is 0 Å². The predicted octanol–water partition coefficient (Wildman–Crippen LogP) is 1.65. The molecule has 4 heteroatoms. The number of aryl methyl sites for hydroxylation is 3. The van der Waals surface area contributed by atoms with Crippen LogP contribution in [0.3, 0.4) is 0 Å². The number of hydrogen-bond acceptors (Lipinski definition) is 3. The van der Waals surface area contributed by atoms with Crippen LogP contribution in [0.4, 0.5) is 0 Å². The molecule has 0 atom stereocenters. The lowest BCUT2D eigenvalue weighted by atomic mass is 10.1. The molecule has 2 aromatic heterocycles. The molecule has 4 nitrogen and oxygen atoms in total. The second-order valence-corrected chi connectivity index (χ2v) is 3.93. The normalized spacial score (nSPS) is 10.8. The Morgan fingerprint density at radius 2 is 2.06 bits per heavy atom. The van der Waals surface area contributed by atoms with Crippen LogP contribution in [0.2, 0.25) is 0 Å². The highest BCUT2D eigenvalue weighted by atomic mass is 15.1. The van der Waals surface area contributed by atoms with Crippen molar-refractivity contribution in [3.05, 3.63) is 41.1 Å². The molecule has 0 unspecified atom stereocenters. The summed E-state index contributed by atoms with van der Waals surface area (Å²) < 4.78 is 1.97. The zero-order valence-electron chi connectivity index (χ0n) is 9.86. The average Bonchev–Trinajstić information content (AvgIpc) is 2.63. The van der Waals surface area contributed by atoms with E-state index in [2.05, 4.69) is 23.0 Å². The van der Waals surface area contributed by atoms with E-state index in [0.717, 1.165) is 22.9 Å². The maximum absolute atomic E-state index is 5.78. The van der Waals surface area contributed by atoms with Gasteiger partial charge in [0, 0.05) is 30.2 Å². The van der Waals surface area contributed by atoms with Crippen LogP contribution in [-0.2, 0) is 6.54 Å². The number of nitrogens with zero attached hydrogens (tertiary/aromatic N) is 3. The smallest absolute Gasteiger partial charge is 0.143 e. The molecule has 0 spiro atoms. The molecule has 2 heterocycles. The summed E-state index contributed by atoms with van der Waals surface area (Å²) in [7, 11) is 0. The molecule has 0 saturated heterocycles. The van der Waals surface area contributed by atoms with Crippen molar-refractivity contribution in [3.8, 4) is 5.82 Å². The van der Waals surface area contributed by atoms with Crippen LogP contribution < -0.4 is 5.73 Å². The Balaban J connectivity index is 2.68. The SMILES string of the molecule is Cc1cc(C)c(CN)c(-n2ccnc2C)n1. The fourth-order valence-electron chi connectivity index (χ4n) is 1.90. The van der Waals surface area contributed by atoms with Gasteiger partial charge < -0.3 is 5.73 Å². The van der Waals surface area contributed by atoms with E-state index in [4.69, 9.17) is 5.73 Å². The van der Waals surface area contributed by atoms with E-state index in [1.54, 1.807) is 6.20 Å². The molecule has 0 aliphatic rings. The van der Waals surface area contributed by atoms with Crippen LogP contribution in [0.15, 0.2) is 18.5 Å². The van der Waals surface area contributed by atoms with Crippen LogP contribution >= 0.6 is 0 Å². The summed E-state index contributed by atoms with van der Waals surface area (Å²) in [5, 5.41) is 0. The molecular weight excluding hydrogens is 200 g/mol. The highest BCUT2D eigenvalue weighted by molar-refractivity contribution is 5.41. The van der Waals surface area contributed by atoms with Crippen LogP contribution in [0.1, 0.15) is 22.6 Å². The fraction of sp³-hybridized carbons (Fsp3) is 0.333. The van der Waals surface area contributed by atoms with Gasteiger partial charge in [0.25, 0.3) is 0 Å². The van der Waals surface area contributed by atoms with Gasteiger partial charge in [0.2, 0.25) is 0 Å². The third-order valence-electron chi connectivity index (χ3n) is 2.71. The Morgan fingerprint density at radius 3 is 2.62 bits per heavy atom. The van der Waals surface area contributed by atoms with Crippen LogP contribution in [0.5, 0.6) is 0 Å². The monoisotopic (exact) mass is 216 g/mol. The van der Waals surface area contributed by atoms with Crippen molar-refractivity contribution in [1.29, 1.82) is 0 Å². The first-order valence-electron chi connectivity index (χ1n) is 5.31. The summed E-state index contributed by atoms with van der Waals surface area (Å²) >= 11 is 0. The molecule has 84 valence electrons. The molecular formula is C12H16N4. The van der Waals surface area contributed by atoms with Crippen LogP contribution in [-0.4, -0.2) is 14.5 Å². The molecule has 2 aromatic rings. The number of hydrogen-bond donors (Lipinski definition) is 1. The van der Waals surface area contributed by atoms with Crippen molar-refractivity contribution in [1.82, 2.24) is 14.5 Å². The largest absolute Gasteiger partial charge is 0.326 e. The van der Waals surface area contributed by atoms with Gasteiger partial charge in [-0.1, -0.05) is 0 Å². The van der Waals surface area contributed by atoms with Gasteiger partial charge in [-0.3, -0.25) is 4.57 Å². The highest BCUT2D eigenvalue weighted by Gasteiger charge is 2.10. The number of nitrogens with two attached hydrogens (primary N) is 1. The zero-order valence-corrected chi connectivity index (χ0v) is 9.86. The number of pyridine rings is 1. The molecule has 0 aliphatic heterocycles. The summed E-state index contributed by atoms with van der Waals surface area (Å²) in [6, 6.07) is 2.05. The minimum absolute atomic E-state index is 0.492. The van der Waals surface area contributed by atoms with E-state index in [-0.39, 0.29) is 0 Å². The van der Waals surface area contributed by atoms with E-state index < -0.39 is 0 Å². The Bertz CT molecular complexity index is 514. The molecule has 0 aliphatic carbocycles. The van der Waals surface area contributed by atoms with E-state index in [9.17, 15) is 0 Å². The van der Waals surface area contributed by atoms with Crippen LogP contribution in [0.25, 0.3) is 5.82 Å². The van der Waals surface area contributed by atoms with Crippen molar-refractivity contribution >= 4 is 0 Å². The topological polar surface area (TPSA) is 56.7 Å². The summed E-state index contributed by atoms with van der Waals surface area (Å²) in [4.78, 5) is 8.76. The van der Waals surface area contributed by atoms with E-state index in [1.807, 2.05) is 24.6 Å². The minimum Gasteiger partial charge on any atom is -0.326 e. The first-order chi connectivity index (χ1) is 7.63. The Morgan fingerprint density at radius 1 is 1.31 bits per heavy atom. The van der Waals surface area contributed by atoms with E-state index >= 15 is 0 Å². The van der Waals surface area contributed by atoms with Gasteiger partial charge in [-0.05, 0) is 32.4 Å². The Kier molecular flexibility index (Phi) is 2.75. The third kappa shape index (κ3) is 1.72. The lowest BCUT2D eigenvalue weighted by molar-refractivity contribution is 0.877. The number of imidazole rings is 1. The molecule has 0 radical (unpaired) electrons. The first-order valence-corrected chi connectivity index (χ1v) is 5.31. The van der Waals surface area contributed by atoms with E-state index in [0.29, 0.717) is 6.54 Å². The highest BCUT2D eigenvalue weighted by Crippen LogP contribution is 2.18. The standard InChI is InChI=1S/C12H16N4/c1-8-6-9(2)15-12(11(8)7-13)16-5-4-14-10(16)3/h4-6H,7,13H2,1-3H3. The molecule has 0 amide bonds. The Labute approximate surface area is 95.1 Å². The third-order valence-corrected chi connectivity index (χ3v) is 2.71. The maximum atomic E-state index is 5.78. The van der Waals surface area contributed by atoms with Crippen LogP contribution in [0, 0.1) is 20.8 Å². The van der Waals surface area contributed by atoms with Gasteiger partial charge in [-0.2, -0.15) is 0 Å². The molecule has 0 aromatic carbocycles. The van der Waals surface area contributed by atoms with Crippen molar-refractivity contribution in [2.45, 2.75) is 27.3 Å². The minimum atomic E-state index is 0.492. The molecule has 16 heavy (non-hydrogen) atoms. The second kappa shape index (κ2) is 4.06. The van der Waals surface area contributed by atoms with Gasteiger partial charge in [-0.15, -0.1) is 0 Å². The molecule has 2 rings (SSSR count). The van der Waals surface area contributed by atoms with Gasteiger partial charge in [0.05, 0.1) is 0 Å². The Hall–Kier alpha value is -1.68. The average molecular weight is 216 g/mol. The second-order valence-electron chi connectivity index (χ2n) is 3.93. The van der Waals surface area contributed by atoms with Gasteiger partial charge in [0.15, 0.2) is 0 Å². The fourth-order valence-corrected chi connectivity index (χ4v) is 1.90. The first kappa shape index (κ1) is 10.8. The number of rotatable bonds is 2. The summed E-state index contributed by atoms with van der Waals surface area (Å²) in [5.41, 5.74) is 9.04. The molecule has 0 fully saturated rings. The molecule has 2 N–H and O–H groups in total. The predicted molar refractivity (Wildman–Crippen MR) is 63.5 cm³/mol. The maximum Gasteiger partial charge on any atom is 0.143 e. The molecule has 0 bridgehead atoms. The quantitative estimate of drug-likeness (QED) is 0.830. The number of aromatic nitrogens is 3. The summed E-state index contributed by atoms with van der Waals surface area (Å²) in [5.74, 6) is 1.82. The van der Waals surface area contributed by atoms with Crippen molar-refractivity contribution in [2.24, 2.45) is 5.73 Å².